The van der Waals surface area contributed by atoms with Crippen LogP contribution in [0.4, 0.5) is 0 Å². The first-order chi connectivity index (χ1) is 8.66. The van der Waals surface area contributed by atoms with Crippen molar-refractivity contribution in [1.82, 2.24) is 5.43 Å². The second kappa shape index (κ2) is 5.97. The fraction of sp³-hybridized carbons (Fsp3) is 0. The van der Waals surface area contributed by atoms with Crippen LogP contribution in [0, 0.1) is 0 Å². The van der Waals surface area contributed by atoms with Crippen molar-refractivity contribution in [2.45, 2.75) is 0 Å². The van der Waals surface area contributed by atoms with E-state index in [-0.39, 0.29) is 5.91 Å². The molecule has 0 radical (unpaired) electrons. The molecule has 0 bridgehead atoms. The first kappa shape index (κ1) is 13.0. The van der Waals surface area contributed by atoms with E-state index in [1.54, 1.807) is 30.3 Å². The van der Waals surface area contributed by atoms with E-state index in [1.807, 2.05) is 6.07 Å². The van der Waals surface area contributed by atoms with Gasteiger partial charge in [0.1, 0.15) is 5.76 Å². The van der Waals surface area contributed by atoms with E-state index in [1.165, 1.54) is 6.21 Å². The first-order valence-corrected chi connectivity index (χ1v) is 6.58. The lowest BCUT2D eigenvalue weighted by molar-refractivity contribution is 0.0954. The number of carbonyl (C=O) groups is 1. The summed E-state index contributed by atoms with van der Waals surface area (Å²) in [4.78, 5) is 11.8. The molecule has 1 N–H and O–H groups in total. The van der Waals surface area contributed by atoms with Gasteiger partial charge in [-0.2, -0.15) is 5.10 Å². The number of rotatable bonds is 3. The number of nitrogens with one attached hydrogen (secondary N) is 1. The van der Waals surface area contributed by atoms with Crippen molar-refractivity contribution in [3.63, 3.8) is 0 Å². The van der Waals surface area contributed by atoms with Crippen molar-refractivity contribution >= 4 is 44.0 Å². The Kier molecular flexibility index (Phi) is 4.33. The molecule has 1 aromatic heterocycles. The molecule has 1 aromatic carbocycles. The number of halogens is 2. The van der Waals surface area contributed by atoms with Gasteiger partial charge in [0.05, 0.1) is 11.8 Å². The zero-order chi connectivity index (χ0) is 13.0. The van der Waals surface area contributed by atoms with Crippen LogP contribution < -0.4 is 5.43 Å². The Morgan fingerprint density at radius 3 is 2.67 bits per heavy atom. The van der Waals surface area contributed by atoms with Gasteiger partial charge in [-0.1, -0.05) is 12.1 Å². The Bertz CT molecular complexity index is 593. The maximum Gasteiger partial charge on any atom is 0.272 e. The molecule has 1 amide bonds. The van der Waals surface area contributed by atoms with Gasteiger partial charge in [-0.25, -0.2) is 5.43 Å². The summed E-state index contributed by atoms with van der Waals surface area (Å²) in [5.74, 6) is 0.263. The van der Waals surface area contributed by atoms with Crippen LogP contribution in [0.5, 0.6) is 0 Å². The number of amides is 1. The number of carbonyl (C=O) groups excluding carboxylic acids is 1. The van der Waals surface area contributed by atoms with Crippen LogP contribution in [0.3, 0.4) is 0 Å². The largest absolute Gasteiger partial charge is 0.448 e. The van der Waals surface area contributed by atoms with Crippen LogP contribution in [0.2, 0.25) is 0 Å². The van der Waals surface area contributed by atoms with Crippen molar-refractivity contribution in [1.29, 1.82) is 0 Å². The number of hydrogen-bond donors (Lipinski definition) is 1. The predicted molar refractivity (Wildman–Crippen MR) is 75.6 cm³/mol. The summed E-state index contributed by atoms with van der Waals surface area (Å²) in [6.07, 6.45) is 1.43. The Morgan fingerprint density at radius 1 is 1.22 bits per heavy atom. The van der Waals surface area contributed by atoms with E-state index in [0.29, 0.717) is 16.0 Å². The van der Waals surface area contributed by atoms with E-state index < -0.39 is 0 Å². The zero-order valence-corrected chi connectivity index (χ0v) is 12.2. The molecule has 0 saturated heterocycles. The Morgan fingerprint density at radius 2 is 2.00 bits per heavy atom. The van der Waals surface area contributed by atoms with E-state index in [2.05, 4.69) is 42.4 Å². The number of hydrogen-bond acceptors (Lipinski definition) is 3. The quantitative estimate of drug-likeness (QED) is 0.662. The maximum atomic E-state index is 11.8. The van der Waals surface area contributed by atoms with Crippen molar-refractivity contribution in [3.8, 4) is 0 Å². The number of nitrogens with zero attached hydrogens (tertiary/aromatic N) is 1. The van der Waals surface area contributed by atoms with Gasteiger partial charge >= 0.3 is 0 Å². The molecule has 0 unspecified atom stereocenters. The monoisotopic (exact) mass is 370 g/mol. The third-order valence-corrected chi connectivity index (χ3v) is 3.19. The Labute approximate surface area is 120 Å². The molecule has 0 aliphatic rings. The van der Waals surface area contributed by atoms with Crippen molar-refractivity contribution in [2.24, 2.45) is 5.10 Å². The number of hydrazone groups is 1. The molecular weight excluding hydrogens is 364 g/mol. The normalized spacial score (nSPS) is 10.8. The highest BCUT2D eigenvalue weighted by molar-refractivity contribution is 9.10. The number of benzene rings is 1. The van der Waals surface area contributed by atoms with Crippen LogP contribution in [0.15, 0.2) is 55.1 Å². The Balaban J connectivity index is 2.01. The van der Waals surface area contributed by atoms with Gasteiger partial charge in [0.2, 0.25) is 0 Å². The van der Waals surface area contributed by atoms with Gasteiger partial charge in [-0.3, -0.25) is 4.79 Å². The van der Waals surface area contributed by atoms with Crippen molar-refractivity contribution in [2.75, 3.05) is 0 Å². The molecule has 2 aromatic rings. The highest BCUT2D eigenvalue weighted by Gasteiger charge is 2.07. The first-order valence-electron chi connectivity index (χ1n) is 5.00. The highest BCUT2D eigenvalue weighted by atomic mass is 79.9. The summed E-state index contributed by atoms with van der Waals surface area (Å²) in [7, 11) is 0. The lowest BCUT2D eigenvalue weighted by atomic mass is 10.2. The van der Waals surface area contributed by atoms with Crippen LogP contribution in [0.25, 0.3) is 0 Å². The summed E-state index contributed by atoms with van der Waals surface area (Å²) >= 11 is 6.48. The fourth-order valence-corrected chi connectivity index (χ4v) is 2.04. The SMILES string of the molecule is O=C(NN=Cc1ccc(Br)o1)c1ccccc1Br. The molecule has 6 heteroatoms. The molecule has 0 spiro atoms. The van der Waals surface area contributed by atoms with Gasteiger partial charge in [0, 0.05) is 4.47 Å². The van der Waals surface area contributed by atoms with E-state index in [4.69, 9.17) is 4.42 Å². The Hall–Kier alpha value is -1.40. The molecule has 0 saturated carbocycles. The summed E-state index contributed by atoms with van der Waals surface area (Å²) in [5, 5.41) is 3.81. The van der Waals surface area contributed by atoms with Gasteiger partial charge in [0.15, 0.2) is 4.67 Å². The fourth-order valence-electron chi connectivity index (χ4n) is 1.26. The lowest BCUT2D eigenvalue weighted by Crippen LogP contribution is -2.17. The van der Waals surface area contributed by atoms with Gasteiger partial charge in [-0.15, -0.1) is 0 Å². The molecule has 0 fully saturated rings. The molecule has 4 nitrogen and oxygen atoms in total. The topological polar surface area (TPSA) is 54.6 Å². The molecule has 92 valence electrons. The highest BCUT2D eigenvalue weighted by Crippen LogP contribution is 2.15. The van der Waals surface area contributed by atoms with Gasteiger partial charge < -0.3 is 4.42 Å². The van der Waals surface area contributed by atoms with E-state index >= 15 is 0 Å². The minimum absolute atomic E-state index is 0.288. The van der Waals surface area contributed by atoms with Gasteiger partial charge in [-0.05, 0) is 56.1 Å². The van der Waals surface area contributed by atoms with E-state index in [9.17, 15) is 4.79 Å². The average Bonchev–Trinajstić information content (AvgIpc) is 2.75. The molecule has 18 heavy (non-hydrogen) atoms. The second-order valence-electron chi connectivity index (χ2n) is 3.32. The second-order valence-corrected chi connectivity index (χ2v) is 4.96. The smallest absolute Gasteiger partial charge is 0.272 e. The van der Waals surface area contributed by atoms with Gasteiger partial charge in [0.25, 0.3) is 5.91 Å². The van der Waals surface area contributed by atoms with Crippen LogP contribution in [-0.2, 0) is 0 Å². The third kappa shape index (κ3) is 3.30. The third-order valence-electron chi connectivity index (χ3n) is 2.07. The average molecular weight is 372 g/mol. The van der Waals surface area contributed by atoms with E-state index in [0.717, 1.165) is 4.47 Å². The minimum Gasteiger partial charge on any atom is -0.448 e. The van der Waals surface area contributed by atoms with Crippen molar-refractivity contribution in [3.05, 3.63) is 56.9 Å². The summed E-state index contributed by atoms with van der Waals surface area (Å²) in [6.45, 7) is 0. The summed E-state index contributed by atoms with van der Waals surface area (Å²) in [6, 6.07) is 10.6. The van der Waals surface area contributed by atoms with Crippen LogP contribution in [-0.4, -0.2) is 12.1 Å². The lowest BCUT2D eigenvalue weighted by Gasteiger charge is -2.01. The van der Waals surface area contributed by atoms with Crippen molar-refractivity contribution < 1.29 is 9.21 Å². The van der Waals surface area contributed by atoms with Crippen LogP contribution >= 0.6 is 31.9 Å². The molecule has 2 rings (SSSR count). The summed E-state index contributed by atoms with van der Waals surface area (Å²) < 4.78 is 6.53. The summed E-state index contributed by atoms with van der Waals surface area (Å²) in [5.41, 5.74) is 2.95. The maximum absolute atomic E-state index is 11.8. The van der Waals surface area contributed by atoms with Crippen LogP contribution in [0.1, 0.15) is 16.1 Å². The molecular formula is C12H8Br2N2O2. The standard InChI is InChI=1S/C12H8Br2N2O2/c13-10-4-2-1-3-9(10)12(17)16-15-7-8-5-6-11(14)18-8/h1-7H,(H,16,17). The number of furan rings is 1. The minimum atomic E-state index is -0.288. The molecule has 1 heterocycles. The molecule has 0 aliphatic heterocycles. The predicted octanol–water partition coefficient (Wildman–Crippen LogP) is 3.57. The molecule has 0 atom stereocenters. The zero-order valence-electron chi connectivity index (χ0n) is 9.06. The molecule has 0 aliphatic carbocycles.